The zero-order valence-corrected chi connectivity index (χ0v) is 18.9. The van der Waals surface area contributed by atoms with Crippen LogP contribution in [0.2, 0.25) is 0 Å². The van der Waals surface area contributed by atoms with Gasteiger partial charge < -0.3 is 15.3 Å². The van der Waals surface area contributed by atoms with Crippen LogP contribution in [0.1, 0.15) is 102 Å². The fourth-order valence-corrected chi connectivity index (χ4v) is 4.29. The van der Waals surface area contributed by atoms with E-state index < -0.39 is 0 Å². The van der Waals surface area contributed by atoms with Crippen LogP contribution >= 0.6 is 0 Å². The van der Waals surface area contributed by atoms with Crippen LogP contribution in [-0.2, 0) is 5.41 Å². The van der Waals surface area contributed by atoms with Gasteiger partial charge in [0.1, 0.15) is 5.75 Å². The fraction of sp³-hybridized carbons (Fsp3) is 0.556. The summed E-state index contributed by atoms with van der Waals surface area (Å²) in [6.07, 6.45) is 15.4. The summed E-state index contributed by atoms with van der Waals surface area (Å²) >= 11 is 0. The topological polar surface area (TPSA) is 60.7 Å². The molecule has 166 valence electrons. The van der Waals surface area contributed by atoms with E-state index in [9.17, 15) is 15.3 Å². The molecule has 2 aromatic carbocycles. The van der Waals surface area contributed by atoms with Gasteiger partial charge in [-0.1, -0.05) is 103 Å². The molecule has 0 heterocycles. The highest BCUT2D eigenvalue weighted by molar-refractivity contribution is 5.47. The Morgan fingerprint density at radius 3 is 1.63 bits per heavy atom. The predicted octanol–water partition coefficient (Wildman–Crippen LogP) is 7.81. The average molecular weight is 413 g/mol. The summed E-state index contributed by atoms with van der Waals surface area (Å²) in [5.41, 5.74) is 1.81. The summed E-state index contributed by atoms with van der Waals surface area (Å²) in [4.78, 5) is 0. The number of benzene rings is 2. The maximum atomic E-state index is 10.0. The van der Waals surface area contributed by atoms with Crippen LogP contribution in [0.3, 0.4) is 0 Å². The fourth-order valence-electron chi connectivity index (χ4n) is 4.29. The van der Waals surface area contributed by atoms with E-state index in [1.54, 1.807) is 24.3 Å². The van der Waals surface area contributed by atoms with E-state index in [0.717, 1.165) is 24.0 Å². The van der Waals surface area contributed by atoms with Crippen molar-refractivity contribution in [3.63, 3.8) is 0 Å². The number of phenolic OH excluding ortho intramolecular Hbond substituents is 3. The van der Waals surface area contributed by atoms with E-state index in [0.29, 0.717) is 0 Å². The number of hydrogen-bond acceptors (Lipinski definition) is 3. The van der Waals surface area contributed by atoms with Crippen molar-refractivity contribution < 1.29 is 15.3 Å². The van der Waals surface area contributed by atoms with Crippen molar-refractivity contribution in [1.82, 2.24) is 0 Å². The Hall–Kier alpha value is -2.16. The second-order valence-electron chi connectivity index (χ2n) is 8.87. The van der Waals surface area contributed by atoms with Crippen LogP contribution in [0.5, 0.6) is 17.2 Å². The Bertz CT molecular complexity index is 738. The maximum absolute atomic E-state index is 10.0. The first-order valence-electron chi connectivity index (χ1n) is 11.8. The van der Waals surface area contributed by atoms with Crippen molar-refractivity contribution in [2.45, 2.75) is 96.3 Å². The minimum atomic E-state index is -0.280. The Balaban J connectivity index is 1.87. The number of hydrogen-bond donors (Lipinski definition) is 3. The minimum absolute atomic E-state index is 0.0866. The number of phenols is 3. The van der Waals surface area contributed by atoms with Crippen LogP contribution in [0, 0.1) is 0 Å². The summed E-state index contributed by atoms with van der Waals surface area (Å²) in [5.74, 6) is 0.0716. The molecule has 0 bridgehead atoms. The molecule has 0 saturated carbocycles. The Morgan fingerprint density at radius 1 is 0.600 bits per heavy atom. The van der Waals surface area contributed by atoms with Gasteiger partial charge in [0, 0.05) is 5.41 Å². The van der Waals surface area contributed by atoms with Crippen molar-refractivity contribution in [2.24, 2.45) is 0 Å². The van der Waals surface area contributed by atoms with Gasteiger partial charge in [0.25, 0.3) is 0 Å². The van der Waals surface area contributed by atoms with Crippen LogP contribution in [-0.4, -0.2) is 15.3 Å². The zero-order valence-electron chi connectivity index (χ0n) is 18.9. The van der Waals surface area contributed by atoms with Gasteiger partial charge in [-0.3, -0.25) is 0 Å². The van der Waals surface area contributed by atoms with E-state index in [1.165, 1.54) is 64.2 Å². The van der Waals surface area contributed by atoms with E-state index >= 15 is 0 Å². The van der Waals surface area contributed by atoms with Crippen LogP contribution < -0.4 is 0 Å². The molecule has 0 aliphatic carbocycles. The molecular formula is C27H40O3. The van der Waals surface area contributed by atoms with Crippen LogP contribution in [0.15, 0.2) is 42.5 Å². The highest BCUT2D eigenvalue weighted by Gasteiger charge is 2.29. The van der Waals surface area contributed by atoms with Crippen molar-refractivity contribution in [3.8, 4) is 17.2 Å². The van der Waals surface area contributed by atoms with Crippen molar-refractivity contribution >= 4 is 0 Å². The van der Waals surface area contributed by atoms with Gasteiger partial charge in [-0.25, -0.2) is 0 Å². The van der Waals surface area contributed by atoms with Gasteiger partial charge >= 0.3 is 0 Å². The first-order valence-corrected chi connectivity index (χ1v) is 11.8. The van der Waals surface area contributed by atoms with Gasteiger partial charge in [-0.15, -0.1) is 0 Å². The molecule has 3 N–H and O–H groups in total. The Morgan fingerprint density at radius 2 is 1.10 bits per heavy atom. The third-order valence-electron chi connectivity index (χ3n) is 6.40. The molecule has 30 heavy (non-hydrogen) atoms. The molecule has 2 aromatic rings. The van der Waals surface area contributed by atoms with Crippen molar-refractivity contribution in [2.75, 3.05) is 0 Å². The standard InChI is InChI=1S/C27H40O3/c1-3-4-5-6-7-8-9-10-11-12-13-20-27(2,22-14-17-24(28)18-15-22)23-16-19-25(29)26(30)21-23/h14-19,21,28-30H,3-13,20H2,1-2H3. The lowest BCUT2D eigenvalue weighted by atomic mass is 9.72. The molecule has 1 atom stereocenters. The van der Waals surface area contributed by atoms with Crippen molar-refractivity contribution in [1.29, 1.82) is 0 Å². The monoisotopic (exact) mass is 412 g/mol. The lowest BCUT2D eigenvalue weighted by molar-refractivity contribution is 0.399. The summed E-state index contributed by atoms with van der Waals surface area (Å²) in [6, 6.07) is 12.5. The molecular weight excluding hydrogens is 372 g/mol. The second-order valence-corrected chi connectivity index (χ2v) is 8.87. The molecule has 1 unspecified atom stereocenters. The molecule has 0 aliphatic heterocycles. The SMILES string of the molecule is CCCCCCCCCCCCCC(C)(c1ccc(O)cc1)c1ccc(O)c(O)c1. The van der Waals surface area contributed by atoms with Gasteiger partial charge in [0.05, 0.1) is 0 Å². The van der Waals surface area contributed by atoms with Gasteiger partial charge in [-0.05, 0) is 41.8 Å². The van der Waals surface area contributed by atoms with Crippen molar-refractivity contribution in [3.05, 3.63) is 53.6 Å². The second kappa shape index (κ2) is 12.5. The third-order valence-corrected chi connectivity index (χ3v) is 6.40. The molecule has 3 heteroatoms. The molecule has 0 spiro atoms. The number of rotatable bonds is 14. The highest BCUT2D eigenvalue weighted by Crippen LogP contribution is 2.40. The average Bonchev–Trinajstić information content (AvgIpc) is 2.74. The van der Waals surface area contributed by atoms with Gasteiger partial charge in [0.15, 0.2) is 11.5 Å². The highest BCUT2D eigenvalue weighted by atomic mass is 16.3. The summed E-state index contributed by atoms with van der Waals surface area (Å²) < 4.78 is 0. The third kappa shape index (κ3) is 7.27. The Kier molecular flexibility index (Phi) is 10.1. The van der Waals surface area contributed by atoms with E-state index in [4.69, 9.17) is 0 Å². The molecule has 2 rings (SSSR count). The lowest BCUT2D eigenvalue weighted by Gasteiger charge is -2.31. The van der Waals surface area contributed by atoms with E-state index in [2.05, 4.69) is 13.8 Å². The smallest absolute Gasteiger partial charge is 0.157 e. The lowest BCUT2D eigenvalue weighted by Crippen LogP contribution is -2.23. The van der Waals surface area contributed by atoms with E-state index in [1.807, 2.05) is 18.2 Å². The molecule has 0 saturated heterocycles. The largest absolute Gasteiger partial charge is 0.508 e. The summed E-state index contributed by atoms with van der Waals surface area (Å²) in [5, 5.41) is 29.4. The quantitative estimate of drug-likeness (QED) is 0.219. The Labute approximate surface area is 182 Å². The number of unbranched alkanes of at least 4 members (excludes halogenated alkanes) is 10. The number of aromatic hydroxyl groups is 3. The molecule has 0 fully saturated rings. The van der Waals surface area contributed by atoms with Gasteiger partial charge in [-0.2, -0.15) is 0 Å². The normalized spacial score (nSPS) is 13.3. The first kappa shape index (κ1) is 24.1. The van der Waals surface area contributed by atoms with Crippen LogP contribution in [0.4, 0.5) is 0 Å². The molecule has 3 nitrogen and oxygen atoms in total. The van der Waals surface area contributed by atoms with Crippen LogP contribution in [0.25, 0.3) is 0 Å². The molecule has 0 radical (unpaired) electrons. The molecule has 0 amide bonds. The maximum Gasteiger partial charge on any atom is 0.157 e. The molecule has 0 aromatic heterocycles. The summed E-state index contributed by atoms with van der Waals surface area (Å²) in [6.45, 7) is 4.44. The first-order chi connectivity index (χ1) is 14.5. The van der Waals surface area contributed by atoms with Gasteiger partial charge in [0.2, 0.25) is 0 Å². The van der Waals surface area contributed by atoms with E-state index in [-0.39, 0.29) is 22.7 Å². The summed E-state index contributed by atoms with van der Waals surface area (Å²) in [7, 11) is 0. The predicted molar refractivity (Wildman–Crippen MR) is 125 cm³/mol. The minimum Gasteiger partial charge on any atom is -0.508 e. The molecule has 0 aliphatic rings. The zero-order chi connectivity index (χ0) is 21.8.